The number of rotatable bonds is 20. The van der Waals surface area contributed by atoms with Crippen molar-refractivity contribution in [1.29, 1.82) is 0 Å². The van der Waals surface area contributed by atoms with Gasteiger partial charge in [0, 0.05) is 35.4 Å². The van der Waals surface area contributed by atoms with E-state index < -0.39 is 79.2 Å². The van der Waals surface area contributed by atoms with Crippen LogP contribution in [0.2, 0.25) is 0 Å². The molecular formula is C50H67N5O9S. The van der Waals surface area contributed by atoms with E-state index in [0.29, 0.717) is 47.4 Å². The van der Waals surface area contributed by atoms with Gasteiger partial charge in [-0.1, -0.05) is 88.9 Å². The van der Waals surface area contributed by atoms with E-state index in [4.69, 9.17) is 19.2 Å². The van der Waals surface area contributed by atoms with Gasteiger partial charge in [-0.15, -0.1) is 13.2 Å². The van der Waals surface area contributed by atoms with Crippen LogP contribution < -0.4 is 24.8 Å². The van der Waals surface area contributed by atoms with E-state index >= 15 is 0 Å². The monoisotopic (exact) mass is 913 g/mol. The number of unbranched alkanes of at least 4 members (excludes halogenated alkanes) is 5. The van der Waals surface area contributed by atoms with Crippen molar-refractivity contribution in [3.8, 4) is 22.8 Å². The second kappa shape index (κ2) is 19.6. The Labute approximate surface area is 384 Å². The molecule has 0 bridgehead atoms. The Morgan fingerprint density at radius 2 is 1.65 bits per heavy atom. The predicted octanol–water partition coefficient (Wildman–Crippen LogP) is 8.15. The number of pyridine rings is 1. The number of likely N-dealkylation sites (tertiary alicyclic amines) is 1. The first kappa shape index (κ1) is 49.0. The van der Waals surface area contributed by atoms with Crippen molar-refractivity contribution in [1.82, 2.24) is 25.2 Å². The molecule has 3 aromatic rings. The lowest BCUT2D eigenvalue weighted by Gasteiger charge is -2.36. The number of hydrogen-bond acceptors (Lipinski definition) is 10. The maximum Gasteiger partial charge on any atom is 0.408 e. The smallest absolute Gasteiger partial charge is 0.408 e. The van der Waals surface area contributed by atoms with Crippen LogP contribution in [0.3, 0.4) is 0 Å². The van der Waals surface area contributed by atoms with Gasteiger partial charge >= 0.3 is 6.09 Å². The van der Waals surface area contributed by atoms with Crippen LogP contribution in [0.4, 0.5) is 4.79 Å². The zero-order valence-corrected chi connectivity index (χ0v) is 39.9. The molecule has 2 heterocycles. The number of fused-ring (bicyclic) bond motifs is 1. The number of allylic oxidation sites excluding steroid dienone is 1. The van der Waals surface area contributed by atoms with Crippen molar-refractivity contribution < 1.29 is 41.8 Å². The average molecular weight is 914 g/mol. The van der Waals surface area contributed by atoms with Gasteiger partial charge in [-0.3, -0.25) is 19.1 Å². The molecule has 4 amide bonds. The predicted molar refractivity (Wildman–Crippen MR) is 252 cm³/mol. The maximum absolute atomic E-state index is 14.9. The van der Waals surface area contributed by atoms with Crippen molar-refractivity contribution in [2.75, 3.05) is 13.7 Å². The fraction of sp³-hybridized carbons (Fsp3) is 0.540. The molecule has 15 heteroatoms. The first-order valence-corrected chi connectivity index (χ1v) is 24.3. The Kier molecular flexibility index (Phi) is 14.8. The SMILES string of the molecule is C=CCCCCCCCC1(S(=O)(=O)NC(=O)C2(NC(=O)C3CC(Oc4cc(-c5ccccc5)nc5cc(OC)ccc45)CN3C(=O)C(NC(=O)OC(C)(C)C)C(C)(C)C)CC2C=C)CC1. The molecule has 3 aliphatic rings. The Bertz CT molecular complexity index is 2370. The third-order valence-electron chi connectivity index (χ3n) is 12.7. The molecule has 1 saturated heterocycles. The van der Waals surface area contributed by atoms with Crippen LogP contribution in [-0.4, -0.2) is 89.8 Å². The Hall–Kier alpha value is -5.44. The van der Waals surface area contributed by atoms with Crippen LogP contribution in [0.1, 0.15) is 112 Å². The van der Waals surface area contributed by atoms with E-state index in [9.17, 15) is 27.6 Å². The molecule has 1 aliphatic heterocycles. The molecule has 2 aliphatic carbocycles. The van der Waals surface area contributed by atoms with Gasteiger partial charge in [-0.25, -0.2) is 18.2 Å². The molecule has 3 fully saturated rings. The zero-order chi connectivity index (χ0) is 47.4. The van der Waals surface area contributed by atoms with E-state index in [0.717, 1.165) is 44.1 Å². The van der Waals surface area contributed by atoms with Crippen molar-refractivity contribution >= 4 is 44.7 Å². The molecule has 5 atom stereocenters. The molecule has 5 unspecified atom stereocenters. The minimum Gasteiger partial charge on any atom is -0.497 e. The number of carbonyl (C=O) groups is 4. The van der Waals surface area contributed by atoms with Gasteiger partial charge < -0.3 is 29.7 Å². The first-order chi connectivity index (χ1) is 30.7. The molecule has 2 aromatic carbocycles. The second-order valence-electron chi connectivity index (χ2n) is 19.9. The molecule has 14 nitrogen and oxygen atoms in total. The van der Waals surface area contributed by atoms with Gasteiger partial charge in [0.25, 0.3) is 5.91 Å². The molecule has 352 valence electrons. The zero-order valence-electron chi connectivity index (χ0n) is 39.0. The Morgan fingerprint density at radius 1 is 0.954 bits per heavy atom. The van der Waals surface area contributed by atoms with Crippen molar-refractivity contribution in [2.45, 2.75) is 146 Å². The van der Waals surface area contributed by atoms with Crippen molar-refractivity contribution in [3.05, 3.63) is 79.9 Å². The highest BCUT2D eigenvalue weighted by Crippen LogP contribution is 2.49. The molecule has 0 radical (unpaired) electrons. The van der Waals surface area contributed by atoms with Crippen LogP contribution in [0.25, 0.3) is 22.2 Å². The second-order valence-corrected chi connectivity index (χ2v) is 22.0. The lowest BCUT2D eigenvalue weighted by atomic mass is 9.85. The van der Waals surface area contributed by atoms with Crippen LogP contribution in [0.15, 0.2) is 79.9 Å². The normalized spacial score (nSPS) is 21.7. The van der Waals surface area contributed by atoms with Gasteiger partial charge in [0.15, 0.2) is 0 Å². The number of methoxy groups -OCH3 is 1. The highest BCUT2D eigenvalue weighted by molar-refractivity contribution is 7.91. The minimum absolute atomic E-state index is 0.00691. The van der Waals surface area contributed by atoms with Crippen molar-refractivity contribution in [2.24, 2.45) is 11.3 Å². The van der Waals surface area contributed by atoms with E-state index in [1.165, 1.54) is 11.0 Å². The number of amides is 4. The highest BCUT2D eigenvalue weighted by Gasteiger charge is 2.63. The largest absolute Gasteiger partial charge is 0.497 e. The summed E-state index contributed by atoms with van der Waals surface area (Å²) in [6.45, 7) is 18.1. The van der Waals surface area contributed by atoms with E-state index in [2.05, 4.69) is 28.5 Å². The Balaban J connectivity index is 1.28. The first-order valence-electron chi connectivity index (χ1n) is 22.8. The lowest BCUT2D eigenvalue weighted by Crippen LogP contribution is -2.60. The Morgan fingerprint density at radius 3 is 2.26 bits per heavy atom. The van der Waals surface area contributed by atoms with Gasteiger partial charge in [-0.2, -0.15) is 0 Å². The van der Waals surface area contributed by atoms with Gasteiger partial charge in [0.1, 0.15) is 40.8 Å². The summed E-state index contributed by atoms with van der Waals surface area (Å²) in [5.41, 5.74) is -1.21. The van der Waals surface area contributed by atoms with Crippen LogP contribution >= 0.6 is 0 Å². The summed E-state index contributed by atoms with van der Waals surface area (Å²) in [5, 5.41) is 6.32. The van der Waals surface area contributed by atoms with E-state index in [1.807, 2.05) is 48.5 Å². The number of hydrogen-bond donors (Lipinski definition) is 3. The standard InChI is InChI=1S/C50H67N5O9S/c1-10-12-13-14-15-16-20-25-49(26-27-49)65(60,61)54-45(58)50(31-34(50)11-2)53-43(56)40-29-36(32-55(40)44(57)42(47(3,4)5)52-46(59)64-48(6,7)8)63-41-30-38(33-21-18-17-19-22-33)51-39-28-35(62-9)23-24-37(39)41/h10-11,17-19,21-24,28,30,34,36,40,42H,1-2,12-16,20,25-27,29,31-32H2,3-9H3,(H,52,59)(H,53,56)(H,54,58). The van der Waals surface area contributed by atoms with Gasteiger partial charge in [0.2, 0.25) is 21.8 Å². The summed E-state index contributed by atoms with van der Waals surface area (Å²) in [4.78, 5) is 63.3. The highest BCUT2D eigenvalue weighted by atomic mass is 32.2. The molecule has 65 heavy (non-hydrogen) atoms. The lowest BCUT2D eigenvalue weighted by molar-refractivity contribution is -0.143. The molecule has 3 N–H and O–H groups in total. The van der Waals surface area contributed by atoms with Crippen molar-refractivity contribution in [3.63, 3.8) is 0 Å². The molecule has 2 saturated carbocycles. The summed E-state index contributed by atoms with van der Waals surface area (Å²) in [5.74, 6) is -1.55. The molecule has 0 spiro atoms. The van der Waals surface area contributed by atoms with E-state index in [1.54, 1.807) is 60.8 Å². The summed E-state index contributed by atoms with van der Waals surface area (Å²) < 4.78 is 46.9. The summed E-state index contributed by atoms with van der Waals surface area (Å²) in [7, 11) is -2.52. The van der Waals surface area contributed by atoms with Crippen LogP contribution in [-0.2, 0) is 29.1 Å². The number of carbonyl (C=O) groups excluding carboxylic acids is 4. The third kappa shape index (κ3) is 11.5. The van der Waals surface area contributed by atoms with Crippen LogP contribution in [0, 0.1) is 11.3 Å². The third-order valence-corrected chi connectivity index (χ3v) is 14.9. The van der Waals surface area contributed by atoms with Gasteiger partial charge in [0.05, 0.1) is 29.6 Å². The molecule has 6 rings (SSSR count). The van der Waals surface area contributed by atoms with Gasteiger partial charge in [-0.05, 0) is 76.8 Å². The average Bonchev–Trinajstić information content (AvgIpc) is 4.15. The number of nitrogens with one attached hydrogen (secondary N) is 3. The maximum atomic E-state index is 14.9. The summed E-state index contributed by atoms with van der Waals surface area (Å²) >= 11 is 0. The fourth-order valence-electron chi connectivity index (χ4n) is 8.67. The number of aromatic nitrogens is 1. The minimum atomic E-state index is -4.09. The van der Waals surface area contributed by atoms with Crippen LogP contribution in [0.5, 0.6) is 11.5 Å². The number of nitrogens with zero attached hydrogens (tertiary/aromatic N) is 2. The quantitative estimate of drug-likeness (QED) is 0.0739. The number of alkyl carbamates (subject to hydrolysis) is 1. The number of benzene rings is 2. The number of ether oxygens (including phenoxy) is 3. The molecule has 1 aromatic heterocycles. The van der Waals surface area contributed by atoms with E-state index in [-0.39, 0.29) is 19.4 Å². The topological polar surface area (TPSA) is 182 Å². The molecular weight excluding hydrogens is 847 g/mol. The fourth-order valence-corrected chi connectivity index (χ4v) is 10.4. The summed E-state index contributed by atoms with van der Waals surface area (Å²) in [6, 6.07) is 14.5. The summed E-state index contributed by atoms with van der Waals surface area (Å²) in [6.07, 6.45) is 9.04. The number of sulfonamides is 1.